The van der Waals surface area contributed by atoms with Gasteiger partial charge in [0.25, 0.3) is 0 Å². The van der Waals surface area contributed by atoms with E-state index in [0.29, 0.717) is 26.1 Å². The van der Waals surface area contributed by atoms with Crippen molar-refractivity contribution in [3.8, 4) is 5.75 Å². The lowest BCUT2D eigenvalue weighted by molar-refractivity contribution is -0.120. The SMILES string of the molecule is Cc1cccc(COc2cccc(CC(=O)NCCCN)c2)c1. The first kappa shape index (κ1) is 17.0. The van der Waals surface area contributed by atoms with Gasteiger partial charge in [-0.25, -0.2) is 0 Å². The molecule has 0 bridgehead atoms. The van der Waals surface area contributed by atoms with E-state index in [1.165, 1.54) is 5.56 Å². The van der Waals surface area contributed by atoms with Crippen molar-refractivity contribution in [2.24, 2.45) is 5.73 Å². The van der Waals surface area contributed by atoms with E-state index >= 15 is 0 Å². The summed E-state index contributed by atoms with van der Waals surface area (Å²) in [5.74, 6) is 0.785. The van der Waals surface area contributed by atoms with Gasteiger partial charge in [0, 0.05) is 6.54 Å². The number of aryl methyl sites for hydroxylation is 1. The Morgan fingerprint density at radius 2 is 1.91 bits per heavy atom. The largest absolute Gasteiger partial charge is 0.489 e. The molecule has 1 amide bonds. The number of amides is 1. The minimum Gasteiger partial charge on any atom is -0.489 e. The van der Waals surface area contributed by atoms with Crippen LogP contribution < -0.4 is 15.8 Å². The van der Waals surface area contributed by atoms with Crippen LogP contribution in [0.2, 0.25) is 0 Å². The highest BCUT2D eigenvalue weighted by Gasteiger charge is 2.04. The lowest BCUT2D eigenvalue weighted by Gasteiger charge is -2.09. The Balaban J connectivity index is 1.88. The second-order valence-electron chi connectivity index (χ2n) is 5.59. The molecule has 0 fully saturated rings. The van der Waals surface area contributed by atoms with Crippen molar-refractivity contribution in [2.45, 2.75) is 26.4 Å². The third-order valence-corrected chi connectivity index (χ3v) is 3.45. The molecule has 2 aromatic carbocycles. The summed E-state index contributed by atoms with van der Waals surface area (Å²) in [4.78, 5) is 11.8. The zero-order chi connectivity index (χ0) is 16.5. The van der Waals surface area contributed by atoms with Gasteiger partial charge in [0.15, 0.2) is 0 Å². The fraction of sp³-hybridized carbons (Fsp3) is 0.316. The smallest absolute Gasteiger partial charge is 0.224 e. The Hall–Kier alpha value is -2.33. The first-order chi connectivity index (χ1) is 11.2. The van der Waals surface area contributed by atoms with Crippen LogP contribution in [-0.2, 0) is 17.8 Å². The van der Waals surface area contributed by atoms with Crippen LogP contribution in [0.1, 0.15) is 23.1 Å². The van der Waals surface area contributed by atoms with Gasteiger partial charge in [-0.1, -0.05) is 42.0 Å². The third kappa shape index (κ3) is 6.12. The van der Waals surface area contributed by atoms with Crippen molar-refractivity contribution in [2.75, 3.05) is 13.1 Å². The summed E-state index contributed by atoms with van der Waals surface area (Å²) in [7, 11) is 0. The number of ether oxygens (including phenoxy) is 1. The van der Waals surface area contributed by atoms with Crippen LogP contribution in [0.4, 0.5) is 0 Å². The molecule has 4 heteroatoms. The summed E-state index contributed by atoms with van der Waals surface area (Å²) in [5.41, 5.74) is 8.70. The van der Waals surface area contributed by atoms with Gasteiger partial charge in [-0.3, -0.25) is 4.79 Å². The molecule has 0 aliphatic carbocycles. The van der Waals surface area contributed by atoms with E-state index in [4.69, 9.17) is 10.5 Å². The van der Waals surface area contributed by atoms with Crippen molar-refractivity contribution in [3.63, 3.8) is 0 Å². The Kier molecular flexibility index (Phi) is 6.63. The number of rotatable bonds is 8. The quantitative estimate of drug-likeness (QED) is 0.736. The van der Waals surface area contributed by atoms with E-state index in [1.807, 2.05) is 36.4 Å². The van der Waals surface area contributed by atoms with Gasteiger partial charge in [-0.2, -0.15) is 0 Å². The summed E-state index contributed by atoms with van der Waals surface area (Å²) in [5, 5.41) is 2.86. The summed E-state index contributed by atoms with van der Waals surface area (Å²) in [6.45, 7) is 3.79. The second kappa shape index (κ2) is 8.96. The Bertz CT molecular complexity index is 641. The normalized spacial score (nSPS) is 10.3. The summed E-state index contributed by atoms with van der Waals surface area (Å²) >= 11 is 0. The Morgan fingerprint density at radius 3 is 2.70 bits per heavy atom. The molecule has 2 aromatic rings. The van der Waals surface area contributed by atoms with Gasteiger partial charge in [0.05, 0.1) is 6.42 Å². The minimum atomic E-state index is 0.00860. The average Bonchev–Trinajstić information content (AvgIpc) is 2.54. The van der Waals surface area contributed by atoms with Gasteiger partial charge in [0.2, 0.25) is 5.91 Å². The van der Waals surface area contributed by atoms with E-state index in [2.05, 4.69) is 24.4 Å². The van der Waals surface area contributed by atoms with Crippen molar-refractivity contribution >= 4 is 5.91 Å². The number of carbonyl (C=O) groups is 1. The molecule has 0 saturated carbocycles. The average molecular weight is 312 g/mol. The molecule has 0 aliphatic heterocycles. The molecule has 0 heterocycles. The van der Waals surface area contributed by atoms with Crippen LogP contribution in [0.15, 0.2) is 48.5 Å². The molecule has 0 radical (unpaired) electrons. The fourth-order valence-electron chi connectivity index (χ4n) is 2.29. The fourth-order valence-corrected chi connectivity index (χ4v) is 2.29. The molecule has 0 atom stereocenters. The lowest BCUT2D eigenvalue weighted by Crippen LogP contribution is -2.27. The van der Waals surface area contributed by atoms with E-state index in [9.17, 15) is 4.79 Å². The van der Waals surface area contributed by atoms with Crippen molar-refractivity contribution in [3.05, 3.63) is 65.2 Å². The second-order valence-corrected chi connectivity index (χ2v) is 5.59. The number of benzene rings is 2. The molecule has 0 unspecified atom stereocenters. The monoisotopic (exact) mass is 312 g/mol. The van der Waals surface area contributed by atoms with Gasteiger partial charge in [0.1, 0.15) is 12.4 Å². The molecule has 4 nitrogen and oxygen atoms in total. The number of nitrogens with one attached hydrogen (secondary N) is 1. The van der Waals surface area contributed by atoms with E-state index < -0.39 is 0 Å². The molecule has 2 rings (SSSR count). The van der Waals surface area contributed by atoms with E-state index in [1.54, 1.807) is 0 Å². The summed E-state index contributed by atoms with van der Waals surface area (Å²) in [6, 6.07) is 15.9. The maximum absolute atomic E-state index is 11.8. The molecular formula is C19H24N2O2. The number of carbonyl (C=O) groups excluding carboxylic acids is 1. The maximum Gasteiger partial charge on any atom is 0.224 e. The van der Waals surface area contributed by atoms with Crippen molar-refractivity contribution < 1.29 is 9.53 Å². The Morgan fingerprint density at radius 1 is 1.13 bits per heavy atom. The van der Waals surface area contributed by atoms with Gasteiger partial charge < -0.3 is 15.8 Å². The molecule has 122 valence electrons. The molecule has 3 N–H and O–H groups in total. The minimum absolute atomic E-state index is 0.00860. The molecule has 0 saturated heterocycles. The van der Waals surface area contributed by atoms with Crippen LogP contribution in [0.5, 0.6) is 5.75 Å². The highest BCUT2D eigenvalue weighted by Crippen LogP contribution is 2.16. The van der Waals surface area contributed by atoms with Crippen LogP contribution in [0, 0.1) is 6.92 Å². The van der Waals surface area contributed by atoms with Crippen LogP contribution >= 0.6 is 0 Å². The summed E-state index contributed by atoms with van der Waals surface area (Å²) in [6.07, 6.45) is 1.15. The number of hydrogen-bond acceptors (Lipinski definition) is 3. The molecular weight excluding hydrogens is 288 g/mol. The van der Waals surface area contributed by atoms with Crippen LogP contribution in [0.25, 0.3) is 0 Å². The predicted molar refractivity (Wildman–Crippen MR) is 92.3 cm³/mol. The van der Waals surface area contributed by atoms with Crippen molar-refractivity contribution in [1.29, 1.82) is 0 Å². The predicted octanol–water partition coefficient (Wildman–Crippen LogP) is 2.58. The van der Waals surface area contributed by atoms with E-state index in [-0.39, 0.29) is 5.91 Å². The van der Waals surface area contributed by atoms with Gasteiger partial charge in [-0.15, -0.1) is 0 Å². The zero-order valence-corrected chi connectivity index (χ0v) is 13.5. The third-order valence-electron chi connectivity index (χ3n) is 3.45. The van der Waals surface area contributed by atoms with Crippen LogP contribution in [-0.4, -0.2) is 19.0 Å². The van der Waals surface area contributed by atoms with Gasteiger partial charge in [-0.05, 0) is 43.1 Å². The van der Waals surface area contributed by atoms with Crippen molar-refractivity contribution in [1.82, 2.24) is 5.32 Å². The maximum atomic E-state index is 11.8. The number of nitrogens with two attached hydrogens (primary N) is 1. The topological polar surface area (TPSA) is 64.3 Å². The molecule has 23 heavy (non-hydrogen) atoms. The molecule has 0 spiro atoms. The first-order valence-corrected chi connectivity index (χ1v) is 7.91. The molecule has 0 aliphatic rings. The lowest BCUT2D eigenvalue weighted by atomic mass is 10.1. The first-order valence-electron chi connectivity index (χ1n) is 7.91. The number of hydrogen-bond donors (Lipinski definition) is 2. The molecule has 0 aromatic heterocycles. The zero-order valence-electron chi connectivity index (χ0n) is 13.5. The van der Waals surface area contributed by atoms with E-state index in [0.717, 1.165) is 23.3 Å². The summed E-state index contributed by atoms with van der Waals surface area (Å²) < 4.78 is 5.82. The highest BCUT2D eigenvalue weighted by atomic mass is 16.5. The Labute approximate surface area is 137 Å². The highest BCUT2D eigenvalue weighted by molar-refractivity contribution is 5.78. The van der Waals surface area contributed by atoms with Gasteiger partial charge >= 0.3 is 0 Å². The van der Waals surface area contributed by atoms with Crippen LogP contribution in [0.3, 0.4) is 0 Å². The standard InChI is InChI=1S/C19H24N2O2/c1-15-5-2-7-17(11-15)14-23-18-8-3-6-16(12-18)13-19(22)21-10-4-9-20/h2-3,5-8,11-12H,4,9-10,13-14,20H2,1H3,(H,21,22).